The van der Waals surface area contributed by atoms with Crippen LogP contribution in [0.3, 0.4) is 0 Å². The summed E-state index contributed by atoms with van der Waals surface area (Å²) < 4.78 is 2.31. The Hall–Kier alpha value is -4.89. The topological polar surface area (TPSA) is 29.9 Å². The Morgan fingerprint density at radius 2 is 1.46 bits per heavy atom. The molecule has 0 aliphatic heterocycles. The second-order valence-electron chi connectivity index (χ2n) is 11.7. The van der Waals surface area contributed by atoms with Gasteiger partial charge < -0.3 is 5.32 Å². The Labute approximate surface area is 240 Å². The molecule has 0 saturated carbocycles. The highest BCUT2D eigenvalue weighted by atomic mass is 15.1. The van der Waals surface area contributed by atoms with Gasteiger partial charge in [-0.05, 0) is 64.2 Å². The molecule has 2 aromatic heterocycles. The van der Waals surface area contributed by atoms with Crippen LogP contribution in [-0.2, 0) is 5.41 Å². The van der Waals surface area contributed by atoms with Gasteiger partial charge in [0.15, 0.2) is 0 Å². The van der Waals surface area contributed by atoms with Gasteiger partial charge in [-0.1, -0.05) is 105 Å². The van der Waals surface area contributed by atoms with E-state index < -0.39 is 0 Å². The smallest absolute Gasteiger partial charge is 0.137 e. The minimum Gasteiger partial charge on any atom is -0.378 e. The molecule has 8 rings (SSSR count). The molecular formula is C38H31N3. The number of hydrogen-bond acceptors (Lipinski definition) is 2. The van der Waals surface area contributed by atoms with Crippen molar-refractivity contribution in [3.05, 3.63) is 149 Å². The van der Waals surface area contributed by atoms with Crippen LogP contribution in [0.25, 0.3) is 40.0 Å². The van der Waals surface area contributed by atoms with Crippen LogP contribution < -0.4 is 15.9 Å². The molecule has 0 amide bonds. The molecule has 3 heteroatoms. The van der Waals surface area contributed by atoms with E-state index in [-0.39, 0.29) is 17.4 Å². The Bertz CT molecular complexity index is 2050. The minimum absolute atomic E-state index is 0.00394. The average molecular weight is 530 g/mol. The summed E-state index contributed by atoms with van der Waals surface area (Å²) in [5.74, 6) is 1.08. The number of hydrogen-bond donors (Lipinski definition) is 1. The van der Waals surface area contributed by atoms with Gasteiger partial charge in [0.1, 0.15) is 5.82 Å². The predicted molar refractivity (Wildman–Crippen MR) is 170 cm³/mol. The summed E-state index contributed by atoms with van der Waals surface area (Å²) in [6.07, 6.45) is 6.73. The van der Waals surface area contributed by atoms with Crippen LogP contribution >= 0.6 is 0 Å². The third-order valence-electron chi connectivity index (χ3n) is 9.00. The molecule has 1 N–H and O–H groups in total. The number of pyridine rings is 1. The van der Waals surface area contributed by atoms with E-state index in [2.05, 4.69) is 145 Å². The van der Waals surface area contributed by atoms with Crippen LogP contribution in [0.1, 0.15) is 36.5 Å². The van der Waals surface area contributed by atoms with E-state index in [1.54, 1.807) is 0 Å². The number of anilines is 1. The molecule has 2 aliphatic rings. The molecule has 2 aliphatic carbocycles. The van der Waals surface area contributed by atoms with E-state index in [1.807, 2.05) is 12.3 Å². The van der Waals surface area contributed by atoms with Gasteiger partial charge in [0.25, 0.3) is 0 Å². The Balaban J connectivity index is 1.31. The van der Waals surface area contributed by atoms with E-state index >= 15 is 0 Å². The molecule has 6 aromatic rings. The van der Waals surface area contributed by atoms with E-state index in [4.69, 9.17) is 4.98 Å². The highest BCUT2D eigenvalue weighted by Gasteiger charge is 2.35. The van der Waals surface area contributed by atoms with Gasteiger partial charge in [-0.15, -0.1) is 0 Å². The zero-order chi connectivity index (χ0) is 27.6. The monoisotopic (exact) mass is 529 g/mol. The van der Waals surface area contributed by atoms with Gasteiger partial charge in [-0.3, -0.25) is 4.57 Å². The van der Waals surface area contributed by atoms with E-state index in [9.17, 15) is 0 Å². The first-order valence-electron chi connectivity index (χ1n) is 14.4. The Kier molecular flexibility index (Phi) is 5.30. The fraction of sp³-hybridized carbons (Fsp3) is 0.132. The SMILES string of the molecule is CC1(C)c2ccccc2-c2cc(NC3C=c4c(n(-c5ccccn5)c5ccccc45)=CC3c3ccccc3)ccc21. The standard InChI is InChI=1S/C38H31N3/c1-38(2)32-16-8-6-14-27(32)30-22-26(19-20-33(30)38)40-34-23-31-28-15-7-9-17-35(28)41(37-18-10-11-21-39-37)36(31)24-29(34)25-12-4-3-5-13-25/h3-24,29,34,40H,1-2H3. The summed E-state index contributed by atoms with van der Waals surface area (Å²) in [4.78, 5) is 4.74. The predicted octanol–water partition coefficient (Wildman–Crippen LogP) is 7.17. The number of nitrogens with zero attached hydrogens (tertiary/aromatic N) is 2. The first-order chi connectivity index (χ1) is 20.1. The van der Waals surface area contributed by atoms with Crippen molar-refractivity contribution in [1.29, 1.82) is 0 Å². The second-order valence-corrected chi connectivity index (χ2v) is 11.7. The number of benzene rings is 4. The third kappa shape index (κ3) is 3.69. The maximum atomic E-state index is 4.74. The lowest BCUT2D eigenvalue weighted by molar-refractivity contribution is 0.660. The molecule has 0 bridgehead atoms. The number of para-hydroxylation sites is 1. The molecule has 2 atom stereocenters. The lowest BCUT2D eigenvalue weighted by Crippen LogP contribution is -2.39. The number of aromatic nitrogens is 2. The first-order valence-corrected chi connectivity index (χ1v) is 14.4. The molecule has 0 radical (unpaired) electrons. The summed E-state index contributed by atoms with van der Waals surface area (Å²) in [6.45, 7) is 4.66. The molecule has 198 valence electrons. The first kappa shape index (κ1) is 24.0. The maximum absolute atomic E-state index is 4.74. The minimum atomic E-state index is 0.00394. The molecule has 3 nitrogen and oxygen atoms in total. The van der Waals surface area contributed by atoms with Crippen LogP contribution in [0.5, 0.6) is 0 Å². The fourth-order valence-electron chi connectivity index (χ4n) is 7.03. The van der Waals surface area contributed by atoms with Gasteiger partial charge in [0.2, 0.25) is 0 Å². The highest BCUT2D eigenvalue weighted by molar-refractivity contribution is 5.86. The summed E-state index contributed by atoms with van der Waals surface area (Å²) in [5.41, 5.74) is 9.08. The van der Waals surface area contributed by atoms with Crippen LogP contribution in [-0.4, -0.2) is 15.6 Å². The molecule has 2 heterocycles. The molecule has 0 fully saturated rings. The van der Waals surface area contributed by atoms with E-state index in [0.717, 1.165) is 11.5 Å². The zero-order valence-electron chi connectivity index (χ0n) is 23.3. The van der Waals surface area contributed by atoms with Crippen molar-refractivity contribution < 1.29 is 0 Å². The number of fused-ring (bicyclic) bond motifs is 6. The van der Waals surface area contributed by atoms with Crippen LogP contribution in [0, 0.1) is 0 Å². The third-order valence-corrected chi connectivity index (χ3v) is 9.00. The van der Waals surface area contributed by atoms with Gasteiger partial charge >= 0.3 is 0 Å². The Morgan fingerprint density at radius 3 is 2.32 bits per heavy atom. The zero-order valence-corrected chi connectivity index (χ0v) is 23.3. The van der Waals surface area contributed by atoms with Crippen molar-refractivity contribution in [2.75, 3.05) is 5.32 Å². The molecule has 0 spiro atoms. The number of rotatable bonds is 4. The summed E-state index contributed by atoms with van der Waals surface area (Å²) in [5, 5.41) is 7.65. The largest absolute Gasteiger partial charge is 0.378 e. The molecule has 4 aromatic carbocycles. The van der Waals surface area contributed by atoms with Crippen LogP contribution in [0.2, 0.25) is 0 Å². The summed E-state index contributed by atoms with van der Waals surface area (Å²) in [7, 11) is 0. The van der Waals surface area contributed by atoms with E-state index in [1.165, 1.54) is 49.3 Å². The van der Waals surface area contributed by atoms with Crippen molar-refractivity contribution in [1.82, 2.24) is 9.55 Å². The number of nitrogens with one attached hydrogen (secondary N) is 1. The maximum Gasteiger partial charge on any atom is 0.137 e. The van der Waals surface area contributed by atoms with Crippen molar-refractivity contribution in [2.24, 2.45) is 0 Å². The van der Waals surface area contributed by atoms with Crippen LogP contribution in [0.15, 0.2) is 121 Å². The highest BCUT2D eigenvalue weighted by Crippen LogP contribution is 2.49. The van der Waals surface area contributed by atoms with Gasteiger partial charge in [-0.25, -0.2) is 4.98 Å². The van der Waals surface area contributed by atoms with Crippen molar-refractivity contribution in [3.8, 4) is 16.9 Å². The molecule has 41 heavy (non-hydrogen) atoms. The lowest BCUT2D eigenvalue weighted by atomic mass is 9.82. The van der Waals surface area contributed by atoms with E-state index in [0.29, 0.717) is 0 Å². The summed E-state index contributed by atoms with van der Waals surface area (Å²) in [6, 6.07) is 41.5. The van der Waals surface area contributed by atoms with Gasteiger partial charge in [0.05, 0.1) is 16.9 Å². The van der Waals surface area contributed by atoms with Crippen molar-refractivity contribution in [3.63, 3.8) is 0 Å². The molecule has 0 saturated heterocycles. The van der Waals surface area contributed by atoms with Crippen molar-refractivity contribution >= 4 is 28.7 Å². The Morgan fingerprint density at radius 1 is 0.707 bits per heavy atom. The molecular weight excluding hydrogens is 498 g/mol. The van der Waals surface area contributed by atoms with Crippen LogP contribution in [0.4, 0.5) is 5.69 Å². The normalized spacial score (nSPS) is 18.1. The quantitative estimate of drug-likeness (QED) is 0.262. The lowest BCUT2D eigenvalue weighted by Gasteiger charge is -2.27. The van der Waals surface area contributed by atoms with Gasteiger partial charge in [0, 0.05) is 33.8 Å². The molecule has 2 unspecified atom stereocenters. The second kappa shape index (κ2) is 9.07. The van der Waals surface area contributed by atoms with Crippen molar-refractivity contribution in [2.45, 2.75) is 31.2 Å². The average Bonchev–Trinajstić information content (AvgIpc) is 3.46. The van der Waals surface area contributed by atoms with Gasteiger partial charge in [-0.2, -0.15) is 0 Å². The summed E-state index contributed by atoms with van der Waals surface area (Å²) >= 11 is 0. The fourth-order valence-corrected chi connectivity index (χ4v) is 7.03.